The first-order valence-corrected chi connectivity index (χ1v) is 6.20. The molecule has 0 saturated heterocycles. The lowest BCUT2D eigenvalue weighted by Gasteiger charge is -2.33. The largest absolute Gasteiger partial charge is 0.328 e. The summed E-state index contributed by atoms with van der Waals surface area (Å²) in [6.45, 7) is 6.74. The summed E-state index contributed by atoms with van der Waals surface area (Å²) < 4.78 is 0. The number of nitrogens with two attached hydrogens (primary N) is 1. The first kappa shape index (κ1) is 11.6. The van der Waals surface area contributed by atoms with Crippen LogP contribution in [-0.2, 0) is 6.42 Å². The minimum absolute atomic E-state index is 0.258. The molecule has 2 atom stereocenters. The van der Waals surface area contributed by atoms with E-state index in [-0.39, 0.29) is 11.5 Å². The van der Waals surface area contributed by atoms with Crippen LogP contribution in [0.1, 0.15) is 50.8 Å². The van der Waals surface area contributed by atoms with Gasteiger partial charge in [-0.3, -0.25) is 4.98 Å². The smallest absolute Gasteiger partial charge is 0.0471 e. The van der Waals surface area contributed by atoms with Gasteiger partial charge in [0.15, 0.2) is 0 Å². The molecule has 16 heavy (non-hydrogen) atoms. The van der Waals surface area contributed by atoms with Crippen molar-refractivity contribution in [1.82, 2.24) is 4.98 Å². The van der Waals surface area contributed by atoms with E-state index in [0.29, 0.717) is 5.92 Å². The van der Waals surface area contributed by atoms with Crippen LogP contribution in [0.25, 0.3) is 0 Å². The van der Waals surface area contributed by atoms with Crippen LogP contribution in [0.5, 0.6) is 0 Å². The van der Waals surface area contributed by atoms with Gasteiger partial charge in [0.2, 0.25) is 0 Å². The lowest BCUT2D eigenvalue weighted by atomic mass is 9.73. The van der Waals surface area contributed by atoms with Crippen LogP contribution in [0.15, 0.2) is 18.3 Å². The summed E-state index contributed by atoms with van der Waals surface area (Å²) in [6, 6.07) is 4.52. The van der Waals surface area contributed by atoms with Gasteiger partial charge in [-0.05, 0) is 43.2 Å². The van der Waals surface area contributed by atoms with Crippen molar-refractivity contribution in [3.05, 3.63) is 29.6 Å². The second-order valence-electron chi connectivity index (χ2n) is 5.81. The van der Waals surface area contributed by atoms with E-state index in [1.165, 1.54) is 24.1 Å². The second kappa shape index (κ2) is 4.17. The first-order valence-electron chi connectivity index (χ1n) is 6.20. The van der Waals surface area contributed by atoms with Gasteiger partial charge in [0.05, 0.1) is 0 Å². The zero-order valence-corrected chi connectivity index (χ0v) is 10.5. The van der Waals surface area contributed by atoms with E-state index < -0.39 is 0 Å². The fraction of sp³-hybridized carbons (Fsp3) is 0.643. The molecule has 2 heteroatoms. The SMILES string of the molecule is CC(N)CC(C)(C)C1CCc2cccnc21. The Balaban J connectivity index is 2.24. The molecule has 2 rings (SSSR count). The maximum atomic E-state index is 5.95. The van der Waals surface area contributed by atoms with Gasteiger partial charge in [0.1, 0.15) is 0 Å². The second-order valence-corrected chi connectivity index (χ2v) is 5.81. The topological polar surface area (TPSA) is 38.9 Å². The Bertz CT molecular complexity index is 369. The van der Waals surface area contributed by atoms with E-state index in [0.717, 1.165) is 6.42 Å². The molecule has 1 heterocycles. The van der Waals surface area contributed by atoms with Crippen LogP contribution in [0.4, 0.5) is 0 Å². The third kappa shape index (κ3) is 2.12. The fourth-order valence-electron chi connectivity index (χ4n) is 3.15. The Morgan fingerprint density at radius 2 is 2.31 bits per heavy atom. The van der Waals surface area contributed by atoms with Crippen LogP contribution in [0.3, 0.4) is 0 Å². The fourth-order valence-corrected chi connectivity index (χ4v) is 3.15. The highest BCUT2D eigenvalue weighted by Gasteiger charge is 2.36. The Kier molecular flexibility index (Phi) is 3.02. The molecule has 88 valence electrons. The van der Waals surface area contributed by atoms with Crippen molar-refractivity contribution >= 4 is 0 Å². The van der Waals surface area contributed by atoms with Gasteiger partial charge in [0.25, 0.3) is 0 Å². The summed E-state index contributed by atoms with van der Waals surface area (Å²) >= 11 is 0. The Hall–Kier alpha value is -0.890. The zero-order chi connectivity index (χ0) is 11.8. The highest BCUT2D eigenvalue weighted by Crippen LogP contribution is 2.46. The highest BCUT2D eigenvalue weighted by molar-refractivity contribution is 5.30. The molecule has 0 saturated carbocycles. The van der Waals surface area contributed by atoms with Crippen molar-refractivity contribution < 1.29 is 0 Å². The van der Waals surface area contributed by atoms with Gasteiger partial charge in [-0.1, -0.05) is 19.9 Å². The summed E-state index contributed by atoms with van der Waals surface area (Å²) in [6.07, 6.45) is 5.38. The van der Waals surface area contributed by atoms with Crippen molar-refractivity contribution in [2.24, 2.45) is 11.1 Å². The molecule has 1 aliphatic rings. The first-order chi connectivity index (χ1) is 7.50. The van der Waals surface area contributed by atoms with Crippen LogP contribution in [0.2, 0.25) is 0 Å². The van der Waals surface area contributed by atoms with Crippen LogP contribution in [-0.4, -0.2) is 11.0 Å². The molecule has 0 spiro atoms. The molecule has 2 nitrogen and oxygen atoms in total. The van der Waals surface area contributed by atoms with Gasteiger partial charge in [-0.15, -0.1) is 0 Å². The van der Waals surface area contributed by atoms with Crippen molar-refractivity contribution in [2.45, 2.75) is 52.0 Å². The van der Waals surface area contributed by atoms with E-state index in [2.05, 4.69) is 31.8 Å². The lowest BCUT2D eigenvalue weighted by Crippen LogP contribution is -2.29. The van der Waals surface area contributed by atoms with Crippen molar-refractivity contribution in [3.8, 4) is 0 Å². The summed E-state index contributed by atoms with van der Waals surface area (Å²) in [5, 5.41) is 0. The zero-order valence-electron chi connectivity index (χ0n) is 10.5. The highest BCUT2D eigenvalue weighted by atomic mass is 14.7. The third-order valence-electron chi connectivity index (χ3n) is 3.75. The number of rotatable bonds is 3. The van der Waals surface area contributed by atoms with Gasteiger partial charge in [0, 0.05) is 23.9 Å². The molecule has 0 aliphatic heterocycles. The Labute approximate surface area is 98.3 Å². The molecule has 1 aromatic heterocycles. The maximum absolute atomic E-state index is 5.95. The van der Waals surface area contributed by atoms with Gasteiger partial charge in [-0.25, -0.2) is 0 Å². The van der Waals surface area contributed by atoms with Crippen molar-refractivity contribution in [3.63, 3.8) is 0 Å². The molecule has 2 unspecified atom stereocenters. The number of pyridine rings is 1. The predicted octanol–water partition coefficient (Wildman–Crippen LogP) is 2.87. The third-order valence-corrected chi connectivity index (χ3v) is 3.75. The monoisotopic (exact) mass is 218 g/mol. The maximum Gasteiger partial charge on any atom is 0.0471 e. The predicted molar refractivity (Wildman–Crippen MR) is 67.3 cm³/mol. The number of fused-ring (bicyclic) bond motifs is 1. The molecular weight excluding hydrogens is 196 g/mol. The number of aromatic nitrogens is 1. The minimum Gasteiger partial charge on any atom is -0.328 e. The van der Waals surface area contributed by atoms with E-state index in [1.807, 2.05) is 12.3 Å². The minimum atomic E-state index is 0.258. The standard InChI is InChI=1S/C14H22N2/c1-10(15)9-14(2,3)12-7-6-11-5-4-8-16-13(11)12/h4-5,8,10,12H,6-7,9,15H2,1-3H3. The molecule has 0 radical (unpaired) electrons. The van der Waals surface area contributed by atoms with E-state index in [4.69, 9.17) is 5.73 Å². The average Bonchev–Trinajstić information content (AvgIpc) is 2.59. The summed E-state index contributed by atoms with van der Waals surface area (Å²) in [5.41, 5.74) is 8.95. The Morgan fingerprint density at radius 1 is 1.56 bits per heavy atom. The lowest BCUT2D eigenvalue weighted by molar-refractivity contribution is 0.241. The molecular formula is C14H22N2. The normalized spacial score (nSPS) is 21.9. The molecule has 2 N–H and O–H groups in total. The van der Waals surface area contributed by atoms with Gasteiger partial charge >= 0.3 is 0 Å². The molecule has 0 bridgehead atoms. The van der Waals surface area contributed by atoms with E-state index in [1.54, 1.807) is 0 Å². The van der Waals surface area contributed by atoms with Crippen LogP contribution >= 0.6 is 0 Å². The van der Waals surface area contributed by atoms with Crippen molar-refractivity contribution in [2.75, 3.05) is 0 Å². The quantitative estimate of drug-likeness (QED) is 0.847. The van der Waals surface area contributed by atoms with E-state index >= 15 is 0 Å². The summed E-state index contributed by atoms with van der Waals surface area (Å²) in [4.78, 5) is 4.57. The molecule has 0 amide bonds. The van der Waals surface area contributed by atoms with Crippen LogP contribution < -0.4 is 5.73 Å². The number of hydrogen-bond acceptors (Lipinski definition) is 2. The summed E-state index contributed by atoms with van der Waals surface area (Å²) in [5.74, 6) is 0.578. The van der Waals surface area contributed by atoms with E-state index in [9.17, 15) is 0 Å². The number of nitrogens with zero attached hydrogens (tertiary/aromatic N) is 1. The van der Waals surface area contributed by atoms with Crippen LogP contribution in [0, 0.1) is 5.41 Å². The number of aryl methyl sites for hydroxylation is 1. The molecule has 0 fully saturated rings. The van der Waals surface area contributed by atoms with Crippen molar-refractivity contribution in [1.29, 1.82) is 0 Å². The average molecular weight is 218 g/mol. The molecule has 1 aromatic rings. The van der Waals surface area contributed by atoms with Gasteiger partial charge in [-0.2, -0.15) is 0 Å². The Morgan fingerprint density at radius 3 is 3.00 bits per heavy atom. The molecule has 0 aromatic carbocycles. The number of hydrogen-bond donors (Lipinski definition) is 1. The summed E-state index contributed by atoms with van der Waals surface area (Å²) in [7, 11) is 0. The molecule has 1 aliphatic carbocycles. The van der Waals surface area contributed by atoms with Gasteiger partial charge < -0.3 is 5.73 Å².